The number of alkyl halides is 3. The smallest absolute Gasteiger partial charge is 0.358 e. The highest BCUT2D eigenvalue weighted by atomic mass is 19.4. The number of nitrogens with two attached hydrogens (primary N) is 1. The third-order valence-corrected chi connectivity index (χ3v) is 3.14. The van der Waals surface area contributed by atoms with Crippen molar-refractivity contribution < 1.29 is 13.2 Å². The number of hydrogen-bond acceptors (Lipinski definition) is 4. The van der Waals surface area contributed by atoms with E-state index in [4.69, 9.17) is 5.73 Å². The third kappa shape index (κ3) is 2.90. The van der Waals surface area contributed by atoms with Crippen LogP contribution in [0, 0.1) is 5.92 Å². The first-order valence-corrected chi connectivity index (χ1v) is 5.74. The molecule has 0 aliphatic heterocycles. The van der Waals surface area contributed by atoms with Gasteiger partial charge in [-0.15, -0.1) is 10.2 Å². The molecule has 0 aromatic carbocycles. The first-order valence-electron chi connectivity index (χ1n) is 5.74. The molecule has 7 heteroatoms. The molecule has 2 N–H and O–H groups in total. The van der Waals surface area contributed by atoms with Gasteiger partial charge in [-0.05, 0) is 30.9 Å². The van der Waals surface area contributed by atoms with Gasteiger partial charge in [0.25, 0.3) is 0 Å². The second kappa shape index (κ2) is 4.72. The van der Waals surface area contributed by atoms with Crippen molar-refractivity contribution in [1.82, 2.24) is 10.2 Å². The van der Waals surface area contributed by atoms with Crippen LogP contribution in [0.3, 0.4) is 0 Å². The molecule has 1 heterocycles. The van der Waals surface area contributed by atoms with E-state index in [2.05, 4.69) is 10.2 Å². The number of anilines is 1. The lowest BCUT2D eigenvalue weighted by molar-refractivity contribution is -0.141. The Morgan fingerprint density at radius 3 is 2.44 bits per heavy atom. The minimum absolute atomic E-state index is 0.266. The molecular formula is C11H15F3N4. The van der Waals surface area contributed by atoms with E-state index in [1.54, 1.807) is 7.05 Å². The van der Waals surface area contributed by atoms with Crippen LogP contribution in [0.15, 0.2) is 12.1 Å². The van der Waals surface area contributed by atoms with Crippen LogP contribution in [-0.2, 0) is 6.18 Å². The molecule has 1 saturated carbocycles. The summed E-state index contributed by atoms with van der Waals surface area (Å²) < 4.78 is 36.9. The summed E-state index contributed by atoms with van der Waals surface area (Å²) in [7, 11) is 1.79. The van der Waals surface area contributed by atoms with Crippen LogP contribution >= 0.6 is 0 Å². The highest BCUT2D eigenvalue weighted by Crippen LogP contribution is 2.29. The molecule has 0 radical (unpaired) electrons. The Morgan fingerprint density at radius 1 is 1.33 bits per heavy atom. The number of hydrogen-bond donors (Lipinski definition) is 1. The first kappa shape index (κ1) is 13.1. The van der Waals surface area contributed by atoms with Crippen molar-refractivity contribution in [1.29, 1.82) is 0 Å². The molecule has 0 atom stereocenters. The summed E-state index contributed by atoms with van der Waals surface area (Å²) in [5.41, 5.74) is 4.71. The van der Waals surface area contributed by atoms with Gasteiger partial charge in [0.2, 0.25) is 0 Å². The average Bonchev–Trinajstić information content (AvgIpc) is 2.26. The molecule has 2 rings (SSSR count). The summed E-state index contributed by atoms with van der Waals surface area (Å²) in [6.45, 7) is 0.744. The summed E-state index contributed by atoms with van der Waals surface area (Å²) in [5, 5.41) is 6.80. The molecule has 18 heavy (non-hydrogen) atoms. The van der Waals surface area contributed by atoms with Gasteiger partial charge in [-0.3, -0.25) is 0 Å². The SMILES string of the molecule is CN(CC1CC(N)C1)c1ccc(C(F)(F)F)nn1. The van der Waals surface area contributed by atoms with E-state index in [1.165, 1.54) is 6.07 Å². The summed E-state index contributed by atoms with van der Waals surface area (Å²) in [6.07, 6.45) is -2.53. The van der Waals surface area contributed by atoms with Crippen molar-refractivity contribution in [2.45, 2.75) is 25.1 Å². The number of nitrogens with zero attached hydrogens (tertiary/aromatic N) is 3. The molecule has 1 aromatic heterocycles. The van der Waals surface area contributed by atoms with Gasteiger partial charge in [-0.1, -0.05) is 0 Å². The molecule has 4 nitrogen and oxygen atoms in total. The van der Waals surface area contributed by atoms with Crippen molar-refractivity contribution in [3.05, 3.63) is 17.8 Å². The molecule has 0 amide bonds. The predicted molar refractivity (Wildman–Crippen MR) is 61.0 cm³/mol. The third-order valence-electron chi connectivity index (χ3n) is 3.14. The molecule has 1 aromatic rings. The Morgan fingerprint density at radius 2 is 2.00 bits per heavy atom. The van der Waals surface area contributed by atoms with Gasteiger partial charge in [-0.25, -0.2) is 0 Å². The van der Waals surface area contributed by atoms with Gasteiger partial charge in [0.05, 0.1) is 0 Å². The van der Waals surface area contributed by atoms with Crippen LogP contribution in [-0.4, -0.2) is 29.8 Å². The second-order valence-corrected chi connectivity index (χ2v) is 4.75. The van der Waals surface area contributed by atoms with Gasteiger partial charge in [0.15, 0.2) is 11.5 Å². The zero-order valence-electron chi connectivity index (χ0n) is 9.98. The molecular weight excluding hydrogens is 245 g/mol. The topological polar surface area (TPSA) is 55.0 Å². The Balaban J connectivity index is 1.96. The monoisotopic (exact) mass is 260 g/mol. The minimum atomic E-state index is -4.44. The molecule has 1 aliphatic carbocycles. The first-order chi connectivity index (χ1) is 8.36. The van der Waals surface area contributed by atoms with E-state index in [1.807, 2.05) is 4.90 Å². The lowest BCUT2D eigenvalue weighted by Gasteiger charge is -2.35. The normalized spacial score (nSPS) is 23.6. The maximum absolute atomic E-state index is 12.3. The molecule has 0 unspecified atom stereocenters. The fraction of sp³-hybridized carbons (Fsp3) is 0.636. The van der Waals surface area contributed by atoms with Crippen molar-refractivity contribution in [2.75, 3.05) is 18.5 Å². The van der Waals surface area contributed by atoms with Crippen molar-refractivity contribution in [3.8, 4) is 0 Å². The van der Waals surface area contributed by atoms with E-state index < -0.39 is 11.9 Å². The fourth-order valence-electron chi connectivity index (χ4n) is 2.10. The standard InChI is InChI=1S/C11H15F3N4/c1-18(6-7-4-8(15)5-7)10-3-2-9(16-17-10)11(12,13)14/h2-3,7-8H,4-6,15H2,1H3. The van der Waals surface area contributed by atoms with Crippen LogP contribution in [0.2, 0.25) is 0 Å². The molecule has 0 bridgehead atoms. The highest BCUT2D eigenvalue weighted by molar-refractivity contribution is 5.36. The number of halogens is 3. The molecule has 100 valence electrons. The van der Waals surface area contributed by atoms with Gasteiger partial charge < -0.3 is 10.6 Å². The Hall–Kier alpha value is -1.37. The number of rotatable bonds is 3. The van der Waals surface area contributed by atoms with Crippen LogP contribution in [0.5, 0.6) is 0 Å². The zero-order valence-corrected chi connectivity index (χ0v) is 9.98. The van der Waals surface area contributed by atoms with E-state index in [0.29, 0.717) is 11.7 Å². The predicted octanol–water partition coefficient (Wildman–Crippen LogP) is 1.67. The Labute approximate surface area is 103 Å². The number of aromatic nitrogens is 2. The van der Waals surface area contributed by atoms with E-state index >= 15 is 0 Å². The summed E-state index contributed by atoms with van der Waals surface area (Å²) in [6, 6.07) is 2.56. The molecule has 1 fully saturated rings. The molecule has 0 spiro atoms. The van der Waals surface area contributed by atoms with Gasteiger partial charge >= 0.3 is 6.18 Å². The lowest BCUT2D eigenvalue weighted by Crippen LogP contribution is -2.42. The average molecular weight is 260 g/mol. The van der Waals surface area contributed by atoms with Crippen LogP contribution < -0.4 is 10.6 Å². The summed E-state index contributed by atoms with van der Waals surface area (Å²) in [5.74, 6) is 0.942. The second-order valence-electron chi connectivity index (χ2n) is 4.75. The van der Waals surface area contributed by atoms with E-state index in [9.17, 15) is 13.2 Å². The molecule has 1 aliphatic rings. The van der Waals surface area contributed by atoms with Crippen LogP contribution in [0.1, 0.15) is 18.5 Å². The van der Waals surface area contributed by atoms with Gasteiger partial charge in [-0.2, -0.15) is 13.2 Å². The van der Waals surface area contributed by atoms with Crippen molar-refractivity contribution in [2.24, 2.45) is 11.7 Å². The van der Waals surface area contributed by atoms with Gasteiger partial charge in [0.1, 0.15) is 0 Å². The maximum atomic E-state index is 12.3. The Kier molecular flexibility index (Phi) is 3.43. The summed E-state index contributed by atoms with van der Waals surface area (Å²) >= 11 is 0. The van der Waals surface area contributed by atoms with E-state index in [0.717, 1.165) is 25.5 Å². The largest absolute Gasteiger partial charge is 0.435 e. The van der Waals surface area contributed by atoms with Crippen molar-refractivity contribution >= 4 is 5.82 Å². The summed E-state index contributed by atoms with van der Waals surface area (Å²) in [4.78, 5) is 1.81. The quantitative estimate of drug-likeness (QED) is 0.898. The minimum Gasteiger partial charge on any atom is -0.358 e. The van der Waals surface area contributed by atoms with Gasteiger partial charge in [0, 0.05) is 19.6 Å². The lowest BCUT2D eigenvalue weighted by atomic mass is 9.81. The van der Waals surface area contributed by atoms with Crippen LogP contribution in [0.4, 0.5) is 19.0 Å². The van der Waals surface area contributed by atoms with Crippen molar-refractivity contribution in [3.63, 3.8) is 0 Å². The maximum Gasteiger partial charge on any atom is 0.435 e. The zero-order chi connectivity index (χ0) is 13.3. The van der Waals surface area contributed by atoms with Crippen LogP contribution in [0.25, 0.3) is 0 Å². The molecule has 0 saturated heterocycles. The van der Waals surface area contributed by atoms with E-state index in [-0.39, 0.29) is 6.04 Å². The Bertz CT molecular complexity index is 398. The fourth-order valence-corrected chi connectivity index (χ4v) is 2.10. The highest BCUT2D eigenvalue weighted by Gasteiger charge is 2.33.